The van der Waals surface area contributed by atoms with Crippen molar-refractivity contribution in [3.63, 3.8) is 0 Å². The zero-order chi connectivity index (χ0) is 19.7. The third-order valence-electron chi connectivity index (χ3n) is 4.47. The molecular formula is C20H16ClN3O3S. The molecule has 1 aliphatic rings. The number of primary amides is 1. The molecule has 0 bridgehead atoms. The number of ether oxygens (including phenoxy) is 1. The topological polar surface area (TPSA) is 94.3 Å². The van der Waals surface area contributed by atoms with E-state index in [0.717, 1.165) is 27.4 Å². The molecule has 0 saturated heterocycles. The van der Waals surface area contributed by atoms with Gasteiger partial charge < -0.3 is 15.8 Å². The molecule has 0 spiro atoms. The van der Waals surface area contributed by atoms with Crippen LogP contribution in [0, 0.1) is 0 Å². The average molecular weight is 414 g/mol. The lowest BCUT2D eigenvalue weighted by Crippen LogP contribution is -2.22. The van der Waals surface area contributed by atoms with Gasteiger partial charge in [-0.2, -0.15) is 4.37 Å². The van der Waals surface area contributed by atoms with Crippen molar-refractivity contribution in [2.75, 3.05) is 11.9 Å². The highest BCUT2D eigenvalue weighted by Crippen LogP contribution is 2.45. The molecule has 2 aromatic carbocycles. The molecule has 8 heteroatoms. The van der Waals surface area contributed by atoms with E-state index >= 15 is 0 Å². The fourth-order valence-corrected chi connectivity index (χ4v) is 4.25. The molecule has 0 radical (unpaired) electrons. The summed E-state index contributed by atoms with van der Waals surface area (Å²) >= 11 is 7.36. The lowest BCUT2D eigenvalue weighted by atomic mass is 9.89. The number of aromatic nitrogens is 1. The Morgan fingerprint density at radius 2 is 1.93 bits per heavy atom. The van der Waals surface area contributed by atoms with E-state index in [-0.39, 0.29) is 18.4 Å². The number of halogens is 1. The summed E-state index contributed by atoms with van der Waals surface area (Å²) in [6.07, 6.45) is 0.344. The van der Waals surface area contributed by atoms with Crippen molar-refractivity contribution in [3.05, 3.63) is 64.0 Å². The lowest BCUT2D eigenvalue weighted by molar-refractivity contribution is -0.120. The first-order chi connectivity index (χ1) is 13.5. The second kappa shape index (κ2) is 7.61. The number of benzene rings is 2. The van der Waals surface area contributed by atoms with Gasteiger partial charge in [0.1, 0.15) is 11.4 Å². The number of rotatable bonds is 5. The predicted octanol–water partition coefficient (Wildman–Crippen LogP) is 3.80. The number of anilines is 1. The van der Waals surface area contributed by atoms with E-state index in [0.29, 0.717) is 17.2 Å². The van der Waals surface area contributed by atoms with Gasteiger partial charge in [-0.3, -0.25) is 9.59 Å². The Kier molecular flexibility index (Phi) is 5.02. The molecule has 0 fully saturated rings. The maximum absolute atomic E-state index is 12.4. The van der Waals surface area contributed by atoms with Crippen molar-refractivity contribution in [2.45, 2.75) is 12.3 Å². The second-order valence-corrected chi connectivity index (χ2v) is 7.65. The van der Waals surface area contributed by atoms with Gasteiger partial charge in [0.2, 0.25) is 5.91 Å². The number of fused-ring (bicyclic) bond motifs is 1. The number of carbonyl (C=O) groups is 2. The molecule has 0 unspecified atom stereocenters. The van der Waals surface area contributed by atoms with Gasteiger partial charge in [0.05, 0.1) is 10.6 Å². The third-order valence-corrected chi connectivity index (χ3v) is 5.68. The number of nitrogens with one attached hydrogen (secondary N) is 1. The SMILES string of the molecule is NC(=O)COc1ccc([C@@H]2CC(=O)Nc3c(-c4ccc(Cl)cc4)nsc32)cc1. The largest absolute Gasteiger partial charge is 0.484 e. The molecule has 28 heavy (non-hydrogen) atoms. The Morgan fingerprint density at radius 3 is 2.61 bits per heavy atom. The quantitative estimate of drug-likeness (QED) is 0.665. The highest BCUT2D eigenvalue weighted by atomic mass is 35.5. The number of hydrogen-bond donors (Lipinski definition) is 2. The summed E-state index contributed by atoms with van der Waals surface area (Å²) in [4.78, 5) is 24.2. The summed E-state index contributed by atoms with van der Waals surface area (Å²) in [6, 6.07) is 14.7. The van der Waals surface area contributed by atoms with Crippen LogP contribution in [0.2, 0.25) is 5.02 Å². The number of nitrogens with two attached hydrogens (primary N) is 1. The van der Waals surface area contributed by atoms with Crippen molar-refractivity contribution >= 4 is 40.6 Å². The Labute approximate surface area is 170 Å². The minimum absolute atomic E-state index is 0.0537. The summed E-state index contributed by atoms with van der Waals surface area (Å²) in [6.45, 7) is -0.172. The highest BCUT2D eigenvalue weighted by Gasteiger charge is 2.31. The zero-order valence-electron chi connectivity index (χ0n) is 14.6. The molecular weight excluding hydrogens is 398 g/mol. The van der Waals surface area contributed by atoms with Gasteiger partial charge in [0.15, 0.2) is 6.61 Å². The lowest BCUT2D eigenvalue weighted by Gasteiger charge is -2.23. The van der Waals surface area contributed by atoms with Crippen molar-refractivity contribution in [2.24, 2.45) is 5.73 Å². The monoisotopic (exact) mass is 413 g/mol. The van der Waals surface area contributed by atoms with Crippen LogP contribution in [0.3, 0.4) is 0 Å². The zero-order valence-corrected chi connectivity index (χ0v) is 16.2. The summed E-state index contributed by atoms with van der Waals surface area (Å²) in [5.74, 6) is -0.124. The van der Waals surface area contributed by atoms with E-state index in [1.807, 2.05) is 24.3 Å². The van der Waals surface area contributed by atoms with Crippen LogP contribution in [0.1, 0.15) is 22.8 Å². The smallest absolute Gasteiger partial charge is 0.255 e. The first kappa shape index (κ1) is 18.5. The van der Waals surface area contributed by atoms with E-state index in [4.69, 9.17) is 22.1 Å². The third kappa shape index (κ3) is 3.72. The molecule has 3 N–H and O–H groups in total. The predicted molar refractivity (Wildman–Crippen MR) is 109 cm³/mol. The Bertz CT molecular complexity index is 1030. The van der Waals surface area contributed by atoms with Crippen LogP contribution < -0.4 is 15.8 Å². The fourth-order valence-electron chi connectivity index (χ4n) is 3.15. The average Bonchev–Trinajstić information content (AvgIpc) is 3.10. The summed E-state index contributed by atoms with van der Waals surface area (Å²) in [5.41, 5.74) is 8.47. The molecule has 6 nitrogen and oxygen atoms in total. The van der Waals surface area contributed by atoms with Crippen molar-refractivity contribution < 1.29 is 14.3 Å². The van der Waals surface area contributed by atoms with Gasteiger partial charge in [-0.1, -0.05) is 35.9 Å². The number of amides is 2. The molecule has 142 valence electrons. The van der Waals surface area contributed by atoms with Gasteiger partial charge in [-0.25, -0.2) is 0 Å². The standard InChI is InChI=1S/C20H16ClN3O3S/c21-13-5-1-12(2-6-13)18-19-20(28-24-18)15(9-17(26)23-19)11-3-7-14(8-4-11)27-10-16(22)25/h1-8,15H,9-10H2,(H2,22,25)(H,23,26)/t15-/m0/s1. The van der Waals surface area contributed by atoms with Crippen LogP contribution in [-0.2, 0) is 9.59 Å². The van der Waals surface area contributed by atoms with Crippen LogP contribution in [0.25, 0.3) is 11.3 Å². The van der Waals surface area contributed by atoms with Gasteiger partial charge in [0.25, 0.3) is 5.91 Å². The van der Waals surface area contributed by atoms with Crippen LogP contribution >= 0.6 is 23.1 Å². The maximum Gasteiger partial charge on any atom is 0.255 e. The Morgan fingerprint density at radius 1 is 1.21 bits per heavy atom. The van der Waals surface area contributed by atoms with Crippen LogP contribution in [-0.4, -0.2) is 22.8 Å². The van der Waals surface area contributed by atoms with Gasteiger partial charge >= 0.3 is 0 Å². The second-order valence-electron chi connectivity index (χ2n) is 6.41. The van der Waals surface area contributed by atoms with E-state index in [9.17, 15) is 9.59 Å². The molecule has 1 atom stereocenters. The molecule has 0 aliphatic carbocycles. The number of carbonyl (C=O) groups excluding carboxylic acids is 2. The van der Waals surface area contributed by atoms with Crippen LogP contribution in [0.4, 0.5) is 5.69 Å². The van der Waals surface area contributed by atoms with E-state index in [1.54, 1.807) is 24.3 Å². The molecule has 0 saturated carbocycles. The summed E-state index contributed by atoms with van der Waals surface area (Å²) < 4.78 is 9.88. The number of nitrogens with zero attached hydrogens (tertiary/aromatic N) is 1. The molecule has 1 aromatic heterocycles. The number of hydrogen-bond acceptors (Lipinski definition) is 5. The first-order valence-corrected chi connectivity index (χ1v) is 9.73. The molecule has 3 aromatic rings. The van der Waals surface area contributed by atoms with Crippen molar-refractivity contribution in [3.8, 4) is 17.0 Å². The van der Waals surface area contributed by atoms with Crippen molar-refractivity contribution in [1.29, 1.82) is 0 Å². The Balaban J connectivity index is 1.65. The van der Waals surface area contributed by atoms with Crippen LogP contribution in [0.5, 0.6) is 5.75 Å². The van der Waals surface area contributed by atoms with E-state index in [1.165, 1.54) is 11.5 Å². The Hall–Kier alpha value is -2.90. The minimum Gasteiger partial charge on any atom is -0.484 e. The molecule has 2 heterocycles. The normalized spacial score (nSPS) is 15.6. The summed E-state index contributed by atoms with van der Waals surface area (Å²) in [5, 5.41) is 3.61. The maximum atomic E-state index is 12.4. The molecule has 1 aliphatic heterocycles. The van der Waals surface area contributed by atoms with E-state index < -0.39 is 5.91 Å². The first-order valence-electron chi connectivity index (χ1n) is 8.57. The molecule has 2 amide bonds. The van der Waals surface area contributed by atoms with Gasteiger partial charge in [-0.05, 0) is 41.4 Å². The fraction of sp³-hybridized carbons (Fsp3) is 0.150. The van der Waals surface area contributed by atoms with Crippen molar-refractivity contribution in [1.82, 2.24) is 4.37 Å². The van der Waals surface area contributed by atoms with Gasteiger partial charge in [0, 0.05) is 22.9 Å². The summed E-state index contributed by atoms with van der Waals surface area (Å²) in [7, 11) is 0. The highest BCUT2D eigenvalue weighted by molar-refractivity contribution is 7.07. The van der Waals surface area contributed by atoms with Crippen LogP contribution in [0.15, 0.2) is 48.5 Å². The van der Waals surface area contributed by atoms with E-state index in [2.05, 4.69) is 9.69 Å². The van der Waals surface area contributed by atoms with Gasteiger partial charge in [-0.15, -0.1) is 0 Å². The molecule has 4 rings (SSSR count). The minimum atomic E-state index is -0.531.